The number of amides is 1. The molecule has 23 heavy (non-hydrogen) atoms. The van der Waals surface area contributed by atoms with Gasteiger partial charge < -0.3 is 10.1 Å². The summed E-state index contributed by atoms with van der Waals surface area (Å²) in [4.78, 5) is 34.1. The molecule has 1 aromatic rings. The van der Waals surface area contributed by atoms with Gasteiger partial charge in [0, 0.05) is 23.6 Å². The highest BCUT2D eigenvalue weighted by Crippen LogP contribution is 2.25. The number of nitro benzene ring substituents is 1. The standard InChI is InChI=1S/C15H20N2O5S/c1-10(2)8-16-14(18)9-22-15(19)11(3)23-13-6-4-12(5-7-13)17(20)21/h4-7,10-11H,8-9H2,1-3H3,(H,16,18)/t11-/m1/s1. The van der Waals surface area contributed by atoms with Gasteiger partial charge in [0.2, 0.25) is 0 Å². The van der Waals surface area contributed by atoms with Gasteiger partial charge in [-0.25, -0.2) is 0 Å². The van der Waals surface area contributed by atoms with Crippen molar-refractivity contribution in [2.75, 3.05) is 13.2 Å². The number of nitrogens with one attached hydrogen (secondary N) is 1. The molecule has 0 aliphatic rings. The fourth-order valence-electron chi connectivity index (χ4n) is 1.52. The summed E-state index contributed by atoms with van der Waals surface area (Å²) in [5.41, 5.74) is -0.00796. The predicted octanol–water partition coefficient (Wildman–Crippen LogP) is 2.39. The molecule has 1 N–H and O–H groups in total. The van der Waals surface area contributed by atoms with Crippen molar-refractivity contribution in [3.05, 3.63) is 34.4 Å². The average Bonchev–Trinajstić information content (AvgIpc) is 2.50. The Labute approximate surface area is 138 Å². The van der Waals surface area contributed by atoms with Crippen molar-refractivity contribution in [1.29, 1.82) is 0 Å². The summed E-state index contributed by atoms with van der Waals surface area (Å²) < 4.78 is 4.95. The first-order valence-electron chi connectivity index (χ1n) is 7.14. The summed E-state index contributed by atoms with van der Waals surface area (Å²) in [5.74, 6) is -0.515. The zero-order chi connectivity index (χ0) is 17.4. The molecule has 0 radical (unpaired) electrons. The zero-order valence-electron chi connectivity index (χ0n) is 13.3. The van der Waals surface area contributed by atoms with E-state index >= 15 is 0 Å². The lowest BCUT2D eigenvalue weighted by Gasteiger charge is -2.12. The van der Waals surface area contributed by atoms with Crippen LogP contribution in [0.5, 0.6) is 0 Å². The Balaban J connectivity index is 2.41. The topological polar surface area (TPSA) is 98.5 Å². The average molecular weight is 340 g/mol. The first-order valence-corrected chi connectivity index (χ1v) is 8.02. The Kier molecular flexibility index (Phi) is 7.53. The smallest absolute Gasteiger partial charge is 0.319 e. The summed E-state index contributed by atoms with van der Waals surface area (Å²) in [7, 11) is 0. The third-order valence-electron chi connectivity index (χ3n) is 2.75. The molecule has 0 aliphatic carbocycles. The molecule has 0 aliphatic heterocycles. The maximum atomic E-state index is 11.8. The molecule has 1 aromatic carbocycles. The van der Waals surface area contributed by atoms with E-state index in [1.807, 2.05) is 13.8 Å². The minimum absolute atomic E-state index is 0.00796. The van der Waals surface area contributed by atoms with Gasteiger partial charge in [0.05, 0.1) is 4.92 Å². The minimum Gasteiger partial charge on any atom is -0.455 e. The highest BCUT2D eigenvalue weighted by Gasteiger charge is 2.18. The normalized spacial score (nSPS) is 11.8. The second kappa shape index (κ2) is 9.14. The lowest BCUT2D eigenvalue weighted by molar-refractivity contribution is -0.384. The molecule has 0 heterocycles. The molecule has 1 atom stereocenters. The van der Waals surface area contributed by atoms with Crippen LogP contribution in [-0.2, 0) is 14.3 Å². The molecule has 0 spiro atoms. The number of nitrogens with zero attached hydrogens (tertiary/aromatic N) is 1. The lowest BCUT2D eigenvalue weighted by Crippen LogP contribution is -2.32. The number of carbonyl (C=O) groups is 2. The molecule has 1 amide bonds. The molecule has 1 rings (SSSR count). The number of carbonyl (C=O) groups excluding carboxylic acids is 2. The Bertz CT molecular complexity index is 559. The van der Waals surface area contributed by atoms with Gasteiger partial charge in [-0.1, -0.05) is 13.8 Å². The van der Waals surface area contributed by atoms with E-state index in [2.05, 4.69) is 5.32 Å². The van der Waals surface area contributed by atoms with E-state index in [4.69, 9.17) is 4.74 Å². The van der Waals surface area contributed by atoms with Gasteiger partial charge in [-0.2, -0.15) is 0 Å². The number of thioether (sulfide) groups is 1. The van der Waals surface area contributed by atoms with Crippen molar-refractivity contribution in [2.45, 2.75) is 30.9 Å². The summed E-state index contributed by atoms with van der Waals surface area (Å²) in [6, 6.07) is 5.89. The van der Waals surface area contributed by atoms with E-state index < -0.39 is 16.1 Å². The van der Waals surface area contributed by atoms with E-state index in [1.54, 1.807) is 19.1 Å². The molecular formula is C15H20N2O5S. The maximum Gasteiger partial charge on any atom is 0.319 e. The molecular weight excluding hydrogens is 320 g/mol. The second-order valence-electron chi connectivity index (χ2n) is 5.32. The van der Waals surface area contributed by atoms with Crippen LogP contribution in [0.1, 0.15) is 20.8 Å². The Morgan fingerprint density at radius 1 is 1.26 bits per heavy atom. The molecule has 7 nitrogen and oxygen atoms in total. The van der Waals surface area contributed by atoms with Gasteiger partial charge in [-0.15, -0.1) is 11.8 Å². The number of hydrogen-bond acceptors (Lipinski definition) is 6. The summed E-state index contributed by atoms with van der Waals surface area (Å²) in [6.07, 6.45) is 0. The first-order chi connectivity index (χ1) is 10.8. The summed E-state index contributed by atoms with van der Waals surface area (Å²) >= 11 is 1.21. The van der Waals surface area contributed by atoms with Crippen molar-refractivity contribution in [2.24, 2.45) is 5.92 Å². The third kappa shape index (κ3) is 7.14. The van der Waals surface area contributed by atoms with Crippen LogP contribution in [0.4, 0.5) is 5.69 Å². The molecule has 0 bridgehead atoms. The van der Waals surface area contributed by atoms with E-state index in [9.17, 15) is 19.7 Å². The van der Waals surface area contributed by atoms with Crippen LogP contribution in [0.2, 0.25) is 0 Å². The SMILES string of the molecule is CC(C)CNC(=O)COC(=O)[C@@H](C)Sc1ccc([N+](=O)[O-])cc1. The van der Waals surface area contributed by atoms with Crippen molar-refractivity contribution in [1.82, 2.24) is 5.32 Å². The fourth-order valence-corrected chi connectivity index (χ4v) is 2.39. The van der Waals surface area contributed by atoms with E-state index in [0.717, 1.165) is 0 Å². The molecule has 0 aromatic heterocycles. The lowest BCUT2D eigenvalue weighted by atomic mass is 10.2. The molecule has 0 saturated carbocycles. The molecule has 0 saturated heterocycles. The largest absolute Gasteiger partial charge is 0.455 e. The van der Waals surface area contributed by atoms with Crippen LogP contribution in [0, 0.1) is 16.0 Å². The Morgan fingerprint density at radius 2 is 1.87 bits per heavy atom. The number of benzene rings is 1. The van der Waals surface area contributed by atoms with Gasteiger partial charge in [-0.05, 0) is 25.0 Å². The predicted molar refractivity (Wildman–Crippen MR) is 87.2 cm³/mol. The van der Waals surface area contributed by atoms with Crippen LogP contribution in [-0.4, -0.2) is 35.2 Å². The zero-order valence-corrected chi connectivity index (χ0v) is 14.1. The number of non-ortho nitro benzene ring substituents is 1. The number of nitro groups is 1. The van der Waals surface area contributed by atoms with Gasteiger partial charge in [0.1, 0.15) is 5.25 Å². The quantitative estimate of drug-likeness (QED) is 0.338. The molecule has 0 unspecified atom stereocenters. The van der Waals surface area contributed by atoms with Gasteiger partial charge in [0.15, 0.2) is 6.61 Å². The number of ether oxygens (including phenoxy) is 1. The Hall–Kier alpha value is -2.09. The van der Waals surface area contributed by atoms with Gasteiger partial charge >= 0.3 is 5.97 Å². The number of hydrogen-bond donors (Lipinski definition) is 1. The van der Waals surface area contributed by atoms with Crippen molar-refractivity contribution in [3.8, 4) is 0 Å². The molecule has 0 fully saturated rings. The van der Waals surface area contributed by atoms with Crippen LogP contribution in [0.3, 0.4) is 0 Å². The number of rotatable bonds is 8. The van der Waals surface area contributed by atoms with Crippen LogP contribution in [0.25, 0.3) is 0 Å². The summed E-state index contributed by atoms with van der Waals surface area (Å²) in [5, 5.41) is 12.7. The van der Waals surface area contributed by atoms with Crippen molar-refractivity contribution in [3.63, 3.8) is 0 Å². The maximum absolute atomic E-state index is 11.8. The molecule has 126 valence electrons. The first kappa shape index (κ1) is 19.0. The van der Waals surface area contributed by atoms with Crippen molar-refractivity contribution < 1.29 is 19.2 Å². The Morgan fingerprint density at radius 3 is 2.39 bits per heavy atom. The van der Waals surface area contributed by atoms with Gasteiger partial charge in [0.25, 0.3) is 11.6 Å². The van der Waals surface area contributed by atoms with Crippen molar-refractivity contribution >= 4 is 29.3 Å². The highest BCUT2D eigenvalue weighted by molar-refractivity contribution is 8.00. The van der Waals surface area contributed by atoms with Gasteiger partial charge in [-0.3, -0.25) is 19.7 Å². The van der Waals surface area contributed by atoms with E-state index in [-0.39, 0.29) is 18.2 Å². The highest BCUT2D eigenvalue weighted by atomic mass is 32.2. The monoisotopic (exact) mass is 340 g/mol. The summed E-state index contributed by atoms with van der Waals surface area (Å²) in [6.45, 7) is 5.81. The molecule has 8 heteroatoms. The van der Waals surface area contributed by atoms with Crippen LogP contribution < -0.4 is 5.32 Å². The van der Waals surface area contributed by atoms with E-state index in [1.165, 1.54) is 23.9 Å². The van der Waals surface area contributed by atoms with Crippen LogP contribution >= 0.6 is 11.8 Å². The van der Waals surface area contributed by atoms with E-state index in [0.29, 0.717) is 17.4 Å². The van der Waals surface area contributed by atoms with Crippen LogP contribution in [0.15, 0.2) is 29.2 Å². The number of esters is 1. The third-order valence-corrected chi connectivity index (χ3v) is 3.84. The second-order valence-corrected chi connectivity index (χ2v) is 6.73. The minimum atomic E-state index is -0.519. The fraction of sp³-hybridized carbons (Fsp3) is 0.467.